The van der Waals surface area contributed by atoms with Crippen molar-refractivity contribution in [3.8, 4) is 11.5 Å². The zero-order chi connectivity index (χ0) is 20.8. The van der Waals surface area contributed by atoms with Crippen molar-refractivity contribution in [2.75, 3.05) is 19.1 Å². The Balaban J connectivity index is 1.74. The van der Waals surface area contributed by atoms with Crippen LogP contribution in [0.2, 0.25) is 0 Å². The number of anilines is 1. The van der Waals surface area contributed by atoms with Gasteiger partial charge in [0.05, 0.1) is 30.7 Å². The van der Waals surface area contributed by atoms with Crippen molar-refractivity contribution in [1.29, 1.82) is 0 Å². The number of nitrogens with one attached hydrogen (secondary N) is 1. The number of aliphatic carboxylic acids is 1. The van der Waals surface area contributed by atoms with Crippen LogP contribution in [0.25, 0.3) is 6.08 Å². The van der Waals surface area contributed by atoms with Gasteiger partial charge in [0.2, 0.25) is 0 Å². The minimum atomic E-state index is -0.938. The number of benzene rings is 2. The lowest BCUT2D eigenvalue weighted by Gasteiger charge is -2.16. The first-order valence-corrected chi connectivity index (χ1v) is 9.82. The summed E-state index contributed by atoms with van der Waals surface area (Å²) >= 11 is 6.52. The summed E-state index contributed by atoms with van der Waals surface area (Å²) in [6, 6.07) is 14.5. The highest BCUT2D eigenvalue weighted by molar-refractivity contribution is 8.26. The number of hydrogen-bond acceptors (Lipinski definition) is 7. The van der Waals surface area contributed by atoms with Gasteiger partial charge in [-0.25, -0.2) is 5.01 Å². The Labute approximate surface area is 177 Å². The summed E-state index contributed by atoms with van der Waals surface area (Å²) in [6.45, 7) is 0.0366. The van der Waals surface area contributed by atoms with Gasteiger partial charge >= 0.3 is 5.97 Å². The van der Waals surface area contributed by atoms with Crippen molar-refractivity contribution in [3.05, 3.63) is 59.0 Å². The van der Waals surface area contributed by atoms with Crippen LogP contribution in [0.15, 0.2) is 53.4 Å². The second-order valence-corrected chi connectivity index (χ2v) is 7.57. The van der Waals surface area contributed by atoms with Crippen LogP contribution in [0.1, 0.15) is 12.0 Å². The molecule has 7 nitrogen and oxygen atoms in total. The van der Waals surface area contributed by atoms with E-state index in [9.17, 15) is 9.59 Å². The summed E-state index contributed by atoms with van der Waals surface area (Å²) in [5.74, 6) is -0.303. The number of rotatable bonds is 8. The number of carboxylic acid groups (broad SMARTS) is 1. The van der Waals surface area contributed by atoms with Gasteiger partial charge in [0, 0.05) is 0 Å². The first-order chi connectivity index (χ1) is 14.0. The average Bonchev–Trinajstić information content (AvgIpc) is 2.96. The van der Waals surface area contributed by atoms with E-state index in [1.54, 1.807) is 24.3 Å². The molecule has 1 saturated heterocycles. The van der Waals surface area contributed by atoms with Crippen LogP contribution in [0.4, 0.5) is 5.69 Å². The molecule has 0 saturated carbocycles. The predicted molar refractivity (Wildman–Crippen MR) is 116 cm³/mol. The number of thiocarbonyl (C=S) groups is 1. The summed E-state index contributed by atoms with van der Waals surface area (Å²) in [5, 5.41) is 10.0. The third-order valence-electron chi connectivity index (χ3n) is 3.87. The summed E-state index contributed by atoms with van der Waals surface area (Å²) in [4.78, 5) is 23.8. The maximum Gasteiger partial charge on any atom is 0.306 e. The standard InChI is InChI=1S/C20H18N2O5S2/c1-26-16-11-13(7-8-15(16)27-10-9-18(23)24)12-17-19(25)22(20(28)29-17)21-14-5-3-2-4-6-14/h2-8,11-12,21H,9-10H2,1H3,(H,23,24)/b17-12+. The maximum absolute atomic E-state index is 12.7. The number of amides is 1. The number of thioether (sulfide) groups is 1. The van der Waals surface area contributed by atoms with Crippen molar-refractivity contribution in [3.63, 3.8) is 0 Å². The van der Waals surface area contributed by atoms with Crippen LogP contribution < -0.4 is 14.9 Å². The highest BCUT2D eigenvalue weighted by Gasteiger charge is 2.32. The molecule has 0 radical (unpaired) electrons. The van der Waals surface area contributed by atoms with Gasteiger partial charge < -0.3 is 14.6 Å². The number of carbonyl (C=O) groups is 2. The molecule has 1 heterocycles. The highest BCUT2D eigenvalue weighted by atomic mass is 32.2. The minimum Gasteiger partial charge on any atom is -0.493 e. The Morgan fingerprint density at radius 1 is 1.24 bits per heavy atom. The van der Waals surface area contributed by atoms with E-state index in [4.69, 9.17) is 26.8 Å². The monoisotopic (exact) mass is 430 g/mol. The van der Waals surface area contributed by atoms with Crippen LogP contribution in [0, 0.1) is 0 Å². The molecule has 1 aliphatic heterocycles. The van der Waals surface area contributed by atoms with Crippen LogP contribution in [0.5, 0.6) is 11.5 Å². The minimum absolute atomic E-state index is 0.0366. The maximum atomic E-state index is 12.7. The zero-order valence-electron chi connectivity index (χ0n) is 15.5. The number of para-hydroxylation sites is 1. The molecule has 0 aliphatic carbocycles. The predicted octanol–water partition coefficient (Wildman–Crippen LogP) is 3.78. The van der Waals surface area contributed by atoms with E-state index in [-0.39, 0.29) is 18.9 Å². The zero-order valence-corrected chi connectivity index (χ0v) is 17.1. The van der Waals surface area contributed by atoms with Gasteiger partial charge in [-0.3, -0.25) is 15.0 Å². The molecule has 2 N–H and O–H groups in total. The van der Waals surface area contributed by atoms with E-state index >= 15 is 0 Å². The molecule has 2 aromatic carbocycles. The Morgan fingerprint density at radius 2 is 2.00 bits per heavy atom. The molecule has 1 amide bonds. The lowest BCUT2D eigenvalue weighted by atomic mass is 10.2. The van der Waals surface area contributed by atoms with Gasteiger partial charge in [-0.2, -0.15) is 0 Å². The normalized spacial score (nSPS) is 14.9. The summed E-state index contributed by atoms with van der Waals surface area (Å²) < 4.78 is 11.2. The third-order valence-corrected chi connectivity index (χ3v) is 5.17. The molecule has 0 bridgehead atoms. The second kappa shape index (κ2) is 9.44. The molecule has 150 valence electrons. The highest BCUT2D eigenvalue weighted by Crippen LogP contribution is 2.35. The number of carbonyl (C=O) groups excluding carboxylic acids is 1. The SMILES string of the molecule is COc1cc(/C=C2/SC(=S)N(Nc3ccccc3)C2=O)ccc1OCCC(=O)O. The number of ether oxygens (including phenoxy) is 2. The van der Waals surface area contributed by atoms with Gasteiger partial charge in [0.1, 0.15) is 0 Å². The summed E-state index contributed by atoms with van der Waals surface area (Å²) in [5.41, 5.74) is 4.50. The fourth-order valence-electron chi connectivity index (χ4n) is 2.50. The lowest BCUT2D eigenvalue weighted by molar-refractivity contribution is -0.137. The molecule has 1 aliphatic rings. The van der Waals surface area contributed by atoms with Crippen LogP contribution in [0.3, 0.4) is 0 Å². The van der Waals surface area contributed by atoms with Crippen molar-refractivity contribution in [1.82, 2.24) is 5.01 Å². The van der Waals surface area contributed by atoms with E-state index in [0.717, 1.165) is 11.3 Å². The largest absolute Gasteiger partial charge is 0.493 e. The van der Waals surface area contributed by atoms with Crippen molar-refractivity contribution in [2.45, 2.75) is 6.42 Å². The number of hydrogen-bond donors (Lipinski definition) is 2. The Morgan fingerprint density at radius 3 is 2.69 bits per heavy atom. The van der Waals surface area contributed by atoms with Crippen molar-refractivity contribution >= 4 is 51.9 Å². The number of carboxylic acids is 1. The van der Waals surface area contributed by atoms with E-state index in [1.165, 1.54) is 23.9 Å². The van der Waals surface area contributed by atoms with Gasteiger partial charge in [0.25, 0.3) is 5.91 Å². The summed E-state index contributed by atoms with van der Waals surface area (Å²) in [6.07, 6.45) is 1.61. The summed E-state index contributed by atoms with van der Waals surface area (Å²) in [7, 11) is 1.49. The first kappa shape index (κ1) is 20.7. The molecule has 0 unspecified atom stereocenters. The van der Waals surface area contributed by atoms with Crippen molar-refractivity contribution < 1.29 is 24.2 Å². The molecular formula is C20H18N2O5S2. The molecule has 0 aromatic heterocycles. The topological polar surface area (TPSA) is 88.1 Å². The van der Waals surface area contributed by atoms with Gasteiger partial charge in [-0.15, -0.1) is 0 Å². The molecule has 0 atom stereocenters. The smallest absolute Gasteiger partial charge is 0.306 e. The van der Waals surface area contributed by atoms with Crippen molar-refractivity contribution in [2.24, 2.45) is 0 Å². The number of hydrazine groups is 1. The van der Waals surface area contributed by atoms with E-state index in [1.807, 2.05) is 30.3 Å². The fourth-order valence-corrected chi connectivity index (χ4v) is 3.68. The molecule has 1 fully saturated rings. The molecule has 29 heavy (non-hydrogen) atoms. The molecule has 9 heteroatoms. The van der Waals surface area contributed by atoms with E-state index in [0.29, 0.717) is 20.7 Å². The van der Waals surface area contributed by atoms with Crippen LogP contribution in [-0.2, 0) is 9.59 Å². The quantitative estimate of drug-likeness (QED) is 0.483. The van der Waals surface area contributed by atoms with E-state index in [2.05, 4.69) is 5.43 Å². The van der Waals surface area contributed by atoms with Gasteiger partial charge in [-0.1, -0.05) is 36.0 Å². The number of nitrogens with zero attached hydrogens (tertiary/aromatic N) is 1. The first-order valence-electron chi connectivity index (χ1n) is 8.60. The molecule has 3 rings (SSSR count). The van der Waals surface area contributed by atoms with Gasteiger partial charge in [-0.05, 0) is 48.1 Å². The number of methoxy groups -OCH3 is 1. The van der Waals surface area contributed by atoms with Crippen LogP contribution in [-0.4, -0.2) is 40.0 Å². The second-order valence-electron chi connectivity index (χ2n) is 5.90. The van der Waals surface area contributed by atoms with Gasteiger partial charge in [0.15, 0.2) is 15.8 Å². The Hall–Kier alpha value is -3.04. The average molecular weight is 431 g/mol. The Bertz CT molecular complexity index is 963. The fraction of sp³-hybridized carbons (Fsp3) is 0.150. The van der Waals surface area contributed by atoms with E-state index < -0.39 is 5.97 Å². The molecular weight excluding hydrogens is 412 g/mol. The Kier molecular flexibility index (Phi) is 6.73. The molecule has 2 aromatic rings. The lowest BCUT2D eigenvalue weighted by Crippen LogP contribution is -2.33. The van der Waals surface area contributed by atoms with Crippen LogP contribution >= 0.6 is 24.0 Å². The third kappa shape index (κ3) is 5.27. The molecule has 0 spiro atoms.